The minimum Gasteiger partial charge on any atom is -0.317 e. The van der Waals surface area contributed by atoms with Crippen LogP contribution in [0.2, 0.25) is 0 Å². The first-order chi connectivity index (χ1) is 6.90. The van der Waals surface area contributed by atoms with Crippen molar-refractivity contribution in [2.45, 2.75) is 38.1 Å². The Hall–Kier alpha value is -0.410. The van der Waals surface area contributed by atoms with E-state index in [1.165, 1.54) is 37.0 Å². The van der Waals surface area contributed by atoms with Crippen LogP contribution in [0.4, 0.5) is 0 Å². The van der Waals surface area contributed by atoms with Gasteiger partial charge in [-0.05, 0) is 32.2 Å². The number of hydrogen-bond acceptors (Lipinski definition) is 3. The normalized spacial score (nSPS) is 27.8. The Kier molecular flexibility index (Phi) is 3.54. The standard InChI is InChI=1S/C11H18N2S/c1-12-11-5-3-2-4-9(11)6-10-7-13-8-14-10/h7-9,11-12H,2-6H2,1H3. The number of nitrogens with one attached hydrogen (secondary N) is 1. The summed E-state index contributed by atoms with van der Waals surface area (Å²) in [7, 11) is 2.09. The summed E-state index contributed by atoms with van der Waals surface area (Å²) < 4.78 is 0. The molecule has 0 bridgehead atoms. The zero-order valence-corrected chi connectivity index (χ0v) is 9.52. The van der Waals surface area contributed by atoms with Gasteiger partial charge in [0.1, 0.15) is 0 Å². The predicted octanol–water partition coefficient (Wildman–Crippen LogP) is 2.46. The molecule has 1 aliphatic carbocycles. The maximum atomic E-state index is 4.14. The highest BCUT2D eigenvalue weighted by Gasteiger charge is 2.23. The number of nitrogens with zero attached hydrogens (tertiary/aromatic N) is 1. The highest BCUT2D eigenvalue weighted by molar-refractivity contribution is 7.09. The first-order valence-electron chi connectivity index (χ1n) is 5.45. The van der Waals surface area contributed by atoms with E-state index in [9.17, 15) is 0 Å². The molecule has 0 radical (unpaired) electrons. The molecule has 14 heavy (non-hydrogen) atoms. The van der Waals surface area contributed by atoms with Crippen molar-refractivity contribution in [2.24, 2.45) is 5.92 Å². The summed E-state index contributed by atoms with van der Waals surface area (Å²) in [5.41, 5.74) is 1.94. The second-order valence-corrected chi connectivity index (χ2v) is 5.08. The van der Waals surface area contributed by atoms with Crippen LogP contribution >= 0.6 is 11.3 Å². The summed E-state index contributed by atoms with van der Waals surface area (Å²) in [5, 5.41) is 3.45. The van der Waals surface area contributed by atoms with E-state index in [0.717, 1.165) is 12.0 Å². The van der Waals surface area contributed by atoms with Gasteiger partial charge in [-0.15, -0.1) is 11.3 Å². The van der Waals surface area contributed by atoms with Gasteiger partial charge >= 0.3 is 0 Å². The van der Waals surface area contributed by atoms with Crippen molar-refractivity contribution in [3.63, 3.8) is 0 Å². The van der Waals surface area contributed by atoms with Crippen molar-refractivity contribution in [1.29, 1.82) is 0 Å². The smallest absolute Gasteiger partial charge is 0.0794 e. The van der Waals surface area contributed by atoms with Crippen molar-refractivity contribution in [2.75, 3.05) is 7.05 Å². The van der Waals surface area contributed by atoms with Crippen molar-refractivity contribution < 1.29 is 0 Å². The largest absolute Gasteiger partial charge is 0.317 e. The molecule has 0 saturated heterocycles. The van der Waals surface area contributed by atoms with E-state index in [1.54, 1.807) is 11.3 Å². The molecule has 1 fully saturated rings. The molecule has 1 saturated carbocycles. The number of hydrogen-bond donors (Lipinski definition) is 1. The van der Waals surface area contributed by atoms with Crippen LogP contribution in [-0.2, 0) is 6.42 Å². The van der Waals surface area contributed by atoms with Crippen LogP contribution in [0.25, 0.3) is 0 Å². The summed E-state index contributed by atoms with van der Waals surface area (Å²) in [5.74, 6) is 0.828. The molecule has 2 nitrogen and oxygen atoms in total. The third kappa shape index (κ3) is 2.34. The lowest BCUT2D eigenvalue weighted by Crippen LogP contribution is -2.37. The molecule has 2 rings (SSSR count). The SMILES string of the molecule is CNC1CCCCC1Cc1cncs1. The molecule has 1 heterocycles. The fourth-order valence-corrected chi connectivity index (χ4v) is 3.12. The maximum Gasteiger partial charge on any atom is 0.0794 e. The molecule has 1 aliphatic rings. The van der Waals surface area contributed by atoms with E-state index in [0.29, 0.717) is 0 Å². The average molecular weight is 210 g/mol. The third-order valence-electron chi connectivity index (χ3n) is 3.23. The van der Waals surface area contributed by atoms with Crippen LogP contribution in [0, 0.1) is 5.92 Å². The van der Waals surface area contributed by atoms with Crippen molar-refractivity contribution in [1.82, 2.24) is 10.3 Å². The fourth-order valence-electron chi connectivity index (χ4n) is 2.43. The van der Waals surface area contributed by atoms with Crippen molar-refractivity contribution in [3.05, 3.63) is 16.6 Å². The Bertz CT molecular complexity index is 258. The predicted molar refractivity (Wildman–Crippen MR) is 60.6 cm³/mol. The molecule has 3 heteroatoms. The van der Waals surface area contributed by atoms with Crippen molar-refractivity contribution >= 4 is 11.3 Å². The monoisotopic (exact) mass is 210 g/mol. The number of aromatic nitrogens is 1. The van der Waals surface area contributed by atoms with Gasteiger partial charge in [0.2, 0.25) is 0 Å². The Morgan fingerprint density at radius 3 is 3.07 bits per heavy atom. The molecule has 0 spiro atoms. The summed E-state index contributed by atoms with van der Waals surface area (Å²) >= 11 is 1.79. The molecule has 2 atom stereocenters. The second kappa shape index (κ2) is 4.89. The van der Waals surface area contributed by atoms with Gasteiger partial charge in [-0.25, -0.2) is 0 Å². The summed E-state index contributed by atoms with van der Waals surface area (Å²) in [6.45, 7) is 0. The first-order valence-corrected chi connectivity index (χ1v) is 6.32. The number of rotatable bonds is 3. The van der Waals surface area contributed by atoms with Crippen molar-refractivity contribution in [3.8, 4) is 0 Å². The Labute approximate surface area is 89.8 Å². The average Bonchev–Trinajstić information content (AvgIpc) is 2.71. The second-order valence-electron chi connectivity index (χ2n) is 4.11. The van der Waals surface area contributed by atoms with Crippen LogP contribution < -0.4 is 5.32 Å². The van der Waals surface area contributed by atoms with Gasteiger partial charge in [0, 0.05) is 17.1 Å². The fraction of sp³-hybridized carbons (Fsp3) is 0.727. The van der Waals surface area contributed by atoms with Crippen LogP contribution in [-0.4, -0.2) is 18.1 Å². The minimum absolute atomic E-state index is 0.728. The molecule has 78 valence electrons. The summed E-state index contributed by atoms with van der Waals surface area (Å²) in [4.78, 5) is 5.58. The molecule has 1 N–H and O–H groups in total. The molecule has 0 amide bonds. The zero-order chi connectivity index (χ0) is 9.80. The molecule has 2 unspecified atom stereocenters. The van der Waals surface area contributed by atoms with Crippen LogP contribution in [0.5, 0.6) is 0 Å². The van der Waals surface area contributed by atoms with E-state index in [4.69, 9.17) is 0 Å². The maximum absolute atomic E-state index is 4.14. The van der Waals surface area contributed by atoms with Crippen LogP contribution in [0.1, 0.15) is 30.6 Å². The topological polar surface area (TPSA) is 24.9 Å². The van der Waals surface area contributed by atoms with Gasteiger partial charge in [0.25, 0.3) is 0 Å². The zero-order valence-electron chi connectivity index (χ0n) is 8.70. The van der Waals surface area contributed by atoms with E-state index < -0.39 is 0 Å². The lowest BCUT2D eigenvalue weighted by Gasteiger charge is -2.30. The minimum atomic E-state index is 0.728. The van der Waals surface area contributed by atoms with E-state index >= 15 is 0 Å². The van der Waals surface area contributed by atoms with E-state index in [2.05, 4.69) is 17.3 Å². The van der Waals surface area contributed by atoms with Gasteiger partial charge in [0.15, 0.2) is 0 Å². The molecular weight excluding hydrogens is 192 g/mol. The lowest BCUT2D eigenvalue weighted by atomic mass is 9.82. The summed E-state index contributed by atoms with van der Waals surface area (Å²) in [6, 6.07) is 0.728. The first kappa shape index (κ1) is 10.1. The number of thiazole rings is 1. The van der Waals surface area contributed by atoms with Gasteiger partial charge in [-0.3, -0.25) is 4.98 Å². The van der Waals surface area contributed by atoms with Crippen LogP contribution in [0.3, 0.4) is 0 Å². The Balaban J connectivity index is 1.94. The van der Waals surface area contributed by atoms with Crippen LogP contribution in [0.15, 0.2) is 11.7 Å². The third-order valence-corrected chi connectivity index (χ3v) is 4.03. The van der Waals surface area contributed by atoms with Gasteiger partial charge < -0.3 is 5.32 Å². The quantitative estimate of drug-likeness (QED) is 0.829. The van der Waals surface area contributed by atoms with Gasteiger partial charge in [-0.1, -0.05) is 12.8 Å². The van der Waals surface area contributed by atoms with Gasteiger partial charge in [-0.2, -0.15) is 0 Å². The highest BCUT2D eigenvalue weighted by atomic mass is 32.1. The molecular formula is C11H18N2S. The van der Waals surface area contributed by atoms with Gasteiger partial charge in [0.05, 0.1) is 5.51 Å². The molecule has 1 aromatic rings. The molecule has 0 aromatic carbocycles. The molecule has 1 aromatic heterocycles. The van der Waals surface area contributed by atoms with E-state index in [1.807, 2.05) is 11.7 Å². The molecule has 0 aliphatic heterocycles. The summed E-state index contributed by atoms with van der Waals surface area (Å²) in [6.07, 6.45) is 8.76. The Morgan fingerprint density at radius 1 is 1.50 bits per heavy atom. The highest BCUT2D eigenvalue weighted by Crippen LogP contribution is 2.28. The Morgan fingerprint density at radius 2 is 2.36 bits per heavy atom. The van der Waals surface area contributed by atoms with E-state index in [-0.39, 0.29) is 0 Å². The lowest BCUT2D eigenvalue weighted by molar-refractivity contribution is 0.274.